The molecule has 8 nitrogen and oxygen atoms in total. The molecule has 0 atom stereocenters. The summed E-state index contributed by atoms with van der Waals surface area (Å²) < 4.78 is 5.93. The van der Waals surface area contributed by atoms with Gasteiger partial charge >= 0.3 is 6.03 Å². The molecule has 0 aliphatic carbocycles. The van der Waals surface area contributed by atoms with Crippen molar-refractivity contribution in [2.75, 3.05) is 0 Å². The third-order valence-electron chi connectivity index (χ3n) is 4.45. The van der Waals surface area contributed by atoms with E-state index < -0.39 is 16.9 Å². The number of non-ortho nitro benzene ring substituents is 1. The number of hydrogen-bond donors (Lipinski definition) is 2. The summed E-state index contributed by atoms with van der Waals surface area (Å²) in [4.78, 5) is 33.9. The van der Waals surface area contributed by atoms with Crippen LogP contribution >= 0.6 is 0 Å². The number of nitro groups is 1. The highest BCUT2D eigenvalue weighted by molar-refractivity contribution is 6.14. The van der Waals surface area contributed by atoms with Gasteiger partial charge in [0.25, 0.3) is 11.6 Å². The minimum atomic E-state index is -0.583. The summed E-state index contributed by atoms with van der Waals surface area (Å²) in [7, 11) is 0. The number of nitro benzene ring substituents is 1. The number of nitrogens with zero attached hydrogens (tertiary/aromatic N) is 1. The van der Waals surface area contributed by atoms with Crippen molar-refractivity contribution in [2.45, 2.75) is 6.61 Å². The molecule has 3 amide bonds. The zero-order valence-corrected chi connectivity index (χ0v) is 15.0. The van der Waals surface area contributed by atoms with Crippen LogP contribution in [-0.4, -0.2) is 16.9 Å². The van der Waals surface area contributed by atoms with Crippen LogP contribution in [0.5, 0.6) is 5.75 Å². The molecule has 1 aliphatic heterocycles. The maximum atomic E-state index is 11.9. The van der Waals surface area contributed by atoms with Crippen LogP contribution in [-0.2, 0) is 11.4 Å². The van der Waals surface area contributed by atoms with E-state index in [9.17, 15) is 19.7 Å². The molecule has 1 saturated heterocycles. The average Bonchev–Trinajstić information content (AvgIpc) is 3.04. The number of carbonyl (C=O) groups is 2. The first kappa shape index (κ1) is 18.2. The third kappa shape index (κ3) is 3.77. The number of urea groups is 1. The molecule has 0 unspecified atom stereocenters. The molecule has 0 spiro atoms. The van der Waals surface area contributed by atoms with Gasteiger partial charge in [0.1, 0.15) is 18.1 Å². The lowest BCUT2D eigenvalue weighted by molar-refractivity contribution is -0.384. The van der Waals surface area contributed by atoms with E-state index in [-0.39, 0.29) is 18.0 Å². The Morgan fingerprint density at radius 2 is 1.83 bits per heavy atom. The van der Waals surface area contributed by atoms with Crippen LogP contribution in [0, 0.1) is 10.1 Å². The van der Waals surface area contributed by atoms with E-state index in [2.05, 4.69) is 10.6 Å². The van der Waals surface area contributed by atoms with Crippen molar-refractivity contribution in [1.82, 2.24) is 10.6 Å². The summed E-state index contributed by atoms with van der Waals surface area (Å²) in [5.74, 6) is -0.0378. The van der Waals surface area contributed by atoms with Crippen LogP contribution in [0.3, 0.4) is 0 Å². The molecule has 8 heteroatoms. The van der Waals surface area contributed by atoms with Crippen molar-refractivity contribution in [2.24, 2.45) is 0 Å². The van der Waals surface area contributed by atoms with Crippen LogP contribution < -0.4 is 15.4 Å². The fourth-order valence-electron chi connectivity index (χ4n) is 3.10. The number of hydrogen-bond acceptors (Lipinski definition) is 5. The fraction of sp³-hybridized carbons (Fsp3) is 0.0476. The molecule has 1 fully saturated rings. The maximum absolute atomic E-state index is 11.9. The van der Waals surface area contributed by atoms with Crippen molar-refractivity contribution in [3.8, 4) is 5.75 Å². The van der Waals surface area contributed by atoms with Gasteiger partial charge in [0.15, 0.2) is 0 Å². The average molecular weight is 389 g/mol. The van der Waals surface area contributed by atoms with Crippen LogP contribution in [0.2, 0.25) is 0 Å². The molecule has 144 valence electrons. The van der Waals surface area contributed by atoms with Gasteiger partial charge in [-0.2, -0.15) is 0 Å². The highest BCUT2D eigenvalue weighted by Crippen LogP contribution is 2.31. The first-order valence-electron chi connectivity index (χ1n) is 8.73. The Morgan fingerprint density at radius 1 is 1.00 bits per heavy atom. The van der Waals surface area contributed by atoms with Crippen molar-refractivity contribution in [3.05, 3.63) is 87.6 Å². The summed E-state index contributed by atoms with van der Waals surface area (Å²) in [6.45, 7) is 0.106. The molecule has 4 rings (SSSR count). The van der Waals surface area contributed by atoms with Gasteiger partial charge in [-0.15, -0.1) is 0 Å². The number of nitrogens with one attached hydrogen (secondary N) is 2. The van der Waals surface area contributed by atoms with Gasteiger partial charge in [-0.1, -0.05) is 42.5 Å². The van der Waals surface area contributed by atoms with Gasteiger partial charge < -0.3 is 10.1 Å². The second-order valence-electron chi connectivity index (χ2n) is 6.38. The normalized spacial score (nSPS) is 14.7. The Hall–Kier alpha value is -4.20. The number of carbonyl (C=O) groups excluding carboxylic acids is 2. The lowest BCUT2D eigenvalue weighted by atomic mass is 10.0. The van der Waals surface area contributed by atoms with E-state index in [0.29, 0.717) is 16.9 Å². The molecule has 2 N–H and O–H groups in total. The molecular weight excluding hydrogens is 374 g/mol. The Balaban J connectivity index is 1.72. The van der Waals surface area contributed by atoms with Gasteiger partial charge in [-0.05, 0) is 28.5 Å². The minimum Gasteiger partial charge on any atom is -0.488 e. The van der Waals surface area contributed by atoms with Crippen LogP contribution in [0.15, 0.2) is 66.4 Å². The van der Waals surface area contributed by atoms with Gasteiger partial charge in [0, 0.05) is 17.7 Å². The molecule has 0 aromatic heterocycles. The Bertz CT molecular complexity index is 1190. The van der Waals surface area contributed by atoms with Crippen LogP contribution in [0.25, 0.3) is 16.8 Å². The number of fused-ring (bicyclic) bond motifs is 1. The predicted molar refractivity (Wildman–Crippen MR) is 106 cm³/mol. The summed E-state index contributed by atoms with van der Waals surface area (Å²) in [5.41, 5.74) is 1.36. The van der Waals surface area contributed by atoms with E-state index in [0.717, 1.165) is 10.8 Å². The minimum absolute atomic E-state index is 0.0164. The largest absolute Gasteiger partial charge is 0.488 e. The molecule has 29 heavy (non-hydrogen) atoms. The van der Waals surface area contributed by atoms with E-state index in [1.807, 2.05) is 30.3 Å². The van der Waals surface area contributed by atoms with Crippen molar-refractivity contribution in [3.63, 3.8) is 0 Å². The fourth-order valence-corrected chi connectivity index (χ4v) is 3.10. The van der Waals surface area contributed by atoms with E-state index in [1.165, 1.54) is 12.1 Å². The van der Waals surface area contributed by atoms with Crippen LogP contribution in [0.4, 0.5) is 10.5 Å². The second kappa shape index (κ2) is 7.43. The van der Waals surface area contributed by atoms with Crippen molar-refractivity contribution in [1.29, 1.82) is 0 Å². The second-order valence-corrected chi connectivity index (χ2v) is 6.38. The first-order valence-corrected chi connectivity index (χ1v) is 8.73. The molecule has 0 radical (unpaired) electrons. The van der Waals surface area contributed by atoms with Crippen molar-refractivity contribution < 1.29 is 19.2 Å². The van der Waals surface area contributed by atoms with E-state index in [1.54, 1.807) is 24.3 Å². The predicted octanol–water partition coefficient (Wildman–Crippen LogP) is 3.51. The maximum Gasteiger partial charge on any atom is 0.326 e. The number of ether oxygens (including phenoxy) is 1. The molecule has 3 aromatic rings. The molecular formula is C21H15N3O5. The highest BCUT2D eigenvalue weighted by Gasteiger charge is 2.23. The van der Waals surface area contributed by atoms with Crippen LogP contribution in [0.1, 0.15) is 11.1 Å². The first-order chi connectivity index (χ1) is 14.0. The third-order valence-corrected chi connectivity index (χ3v) is 4.45. The van der Waals surface area contributed by atoms with Gasteiger partial charge in [-0.25, -0.2) is 4.79 Å². The molecule has 0 bridgehead atoms. The summed E-state index contributed by atoms with van der Waals surface area (Å²) in [5, 5.41) is 17.4. The molecule has 3 aromatic carbocycles. The number of benzene rings is 3. The topological polar surface area (TPSA) is 111 Å². The summed E-state index contributed by atoms with van der Waals surface area (Å²) >= 11 is 0. The number of imide groups is 1. The number of rotatable bonds is 5. The van der Waals surface area contributed by atoms with E-state index in [4.69, 9.17) is 4.74 Å². The van der Waals surface area contributed by atoms with E-state index >= 15 is 0 Å². The molecule has 1 heterocycles. The lowest BCUT2D eigenvalue weighted by Crippen LogP contribution is -2.22. The lowest BCUT2D eigenvalue weighted by Gasteiger charge is -2.13. The van der Waals surface area contributed by atoms with Crippen molar-refractivity contribution >= 4 is 34.5 Å². The quantitative estimate of drug-likeness (QED) is 0.300. The van der Waals surface area contributed by atoms with Gasteiger partial charge in [0.2, 0.25) is 0 Å². The van der Waals surface area contributed by atoms with Gasteiger partial charge in [-0.3, -0.25) is 20.2 Å². The highest BCUT2D eigenvalue weighted by atomic mass is 16.6. The smallest absolute Gasteiger partial charge is 0.326 e. The Labute approximate surface area is 164 Å². The standard InChI is InChI=1S/C21H15N3O5/c25-20-18(22-21(26)23-20)11-17-16-7-2-1-5-14(16)8-9-19(17)29-12-13-4-3-6-15(10-13)24(27)28/h1-11H,12H2,(H2,22,23,25,26)/b18-11+. The zero-order chi connectivity index (χ0) is 20.4. The Morgan fingerprint density at radius 3 is 2.59 bits per heavy atom. The SMILES string of the molecule is O=C1NC(=O)/C(=C\c2c(OCc3cccc([N+](=O)[O-])c3)ccc3ccccc23)N1. The zero-order valence-electron chi connectivity index (χ0n) is 15.0. The Kier molecular flexibility index (Phi) is 4.66. The monoisotopic (exact) mass is 389 g/mol. The molecule has 0 saturated carbocycles. The summed E-state index contributed by atoms with van der Waals surface area (Å²) in [6, 6.07) is 16.8. The number of amides is 3. The van der Waals surface area contributed by atoms with Gasteiger partial charge in [0.05, 0.1) is 4.92 Å². The molecule has 1 aliphatic rings. The summed E-state index contributed by atoms with van der Waals surface area (Å²) in [6.07, 6.45) is 1.56.